The predicted octanol–water partition coefficient (Wildman–Crippen LogP) is 1.07. The van der Waals surface area contributed by atoms with E-state index in [1.54, 1.807) is 0 Å². The molecule has 0 atom stereocenters. The van der Waals surface area contributed by atoms with E-state index in [2.05, 4.69) is 30.6 Å². The van der Waals surface area contributed by atoms with Crippen LogP contribution in [0.5, 0.6) is 0 Å². The van der Waals surface area contributed by atoms with Crippen molar-refractivity contribution < 1.29 is 9.53 Å². The highest BCUT2D eigenvalue weighted by Gasteiger charge is 2.10. The molecule has 0 aliphatic heterocycles. The maximum atomic E-state index is 11.2. The van der Waals surface area contributed by atoms with Gasteiger partial charge < -0.3 is 4.74 Å². The minimum atomic E-state index is -0.160. The first-order chi connectivity index (χ1) is 5.75. The van der Waals surface area contributed by atoms with E-state index in [-0.39, 0.29) is 12.4 Å². The van der Waals surface area contributed by atoms with Gasteiger partial charge in [0.25, 0.3) is 0 Å². The van der Waals surface area contributed by atoms with Crippen LogP contribution in [0.15, 0.2) is 17.0 Å². The summed E-state index contributed by atoms with van der Waals surface area (Å²) in [7, 11) is 1.47. The van der Waals surface area contributed by atoms with E-state index in [4.69, 9.17) is 0 Å². The first kappa shape index (κ1) is 9.28. The predicted molar refractivity (Wildman–Crippen MR) is 45.9 cm³/mol. The minimum Gasteiger partial charge on any atom is -0.376 e. The Balaban J connectivity index is 2.87. The van der Waals surface area contributed by atoms with Crippen LogP contribution in [0.2, 0.25) is 0 Å². The number of carbonyl (C=O) groups excluding carboxylic acids is 1. The lowest BCUT2D eigenvalue weighted by atomic mass is 10.3. The molecule has 0 saturated heterocycles. The number of aromatic nitrogens is 2. The summed E-state index contributed by atoms with van der Waals surface area (Å²) in [4.78, 5) is 18.8. The van der Waals surface area contributed by atoms with Crippen LogP contribution in [0, 0.1) is 0 Å². The molecule has 1 aromatic rings. The Kier molecular flexibility index (Phi) is 3.31. The molecule has 0 aliphatic carbocycles. The molecule has 1 heterocycles. The first-order valence-corrected chi connectivity index (χ1v) is 4.02. The lowest BCUT2D eigenvalue weighted by molar-refractivity contribution is 0.0842. The molecule has 0 aromatic carbocycles. The quantitative estimate of drug-likeness (QED) is 0.730. The van der Waals surface area contributed by atoms with Gasteiger partial charge >= 0.3 is 0 Å². The molecule has 0 unspecified atom stereocenters. The Morgan fingerprint density at radius 2 is 2.50 bits per heavy atom. The van der Waals surface area contributed by atoms with Crippen LogP contribution in [-0.4, -0.2) is 29.5 Å². The van der Waals surface area contributed by atoms with Crippen LogP contribution in [0.1, 0.15) is 10.5 Å². The van der Waals surface area contributed by atoms with Crippen molar-refractivity contribution in [1.29, 1.82) is 0 Å². The fourth-order valence-corrected chi connectivity index (χ4v) is 1.16. The van der Waals surface area contributed by atoms with Gasteiger partial charge in [0.05, 0.1) is 4.47 Å². The Morgan fingerprint density at radius 1 is 1.75 bits per heavy atom. The van der Waals surface area contributed by atoms with Crippen molar-refractivity contribution in [2.75, 3.05) is 13.7 Å². The number of hydrogen-bond donors (Lipinski definition) is 0. The molecule has 0 saturated carbocycles. The summed E-state index contributed by atoms with van der Waals surface area (Å²) in [6.07, 6.45) is 2.85. The van der Waals surface area contributed by atoms with E-state index < -0.39 is 0 Å². The standard InChI is InChI=1S/C7H7BrN2O2/c1-12-3-6(11)7-5(8)2-9-4-10-7/h2,4H,3H2,1H3. The molecule has 0 N–H and O–H groups in total. The third-order valence-electron chi connectivity index (χ3n) is 1.21. The minimum absolute atomic E-state index is 0.0373. The van der Waals surface area contributed by atoms with Crippen molar-refractivity contribution in [3.63, 3.8) is 0 Å². The van der Waals surface area contributed by atoms with Crippen LogP contribution < -0.4 is 0 Å². The largest absolute Gasteiger partial charge is 0.376 e. The fraction of sp³-hybridized carbons (Fsp3) is 0.286. The van der Waals surface area contributed by atoms with Crippen LogP contribution >= 0.6 is 15.9 Å². The molecule has 12 heavy (non-hydrogen) atoms. The van der Waals surface area contributed by atoms with Gasteiger partial charge in [-0.05, 0) is 15.9 Å². The van der Waals surface area contributed by atoms with Crippen LogP contribution in [0.3, 0.4) is 0 Å². The summed E-state index contributed by atoms with van der Waals surface area (Å²) >= 11 is 3.17. The zero-order chi connectivity index (χ0) is 8.97. The Labute approximate surface area is 78.1 Å². The van der Waals surface area contributed by atoms with Gasteiger partial charge in [0, 0.05) is 13.3 Å². The maximum absolute atomic E-state index is 11.2. The Bertz CT molecular complexity index is 290. The molecule has 1 rings (SSSR count). The van der Waals surface area contributed by atoms with Gasteiger partial charge in [0.2, 0.25) is 5.78 Å². The molecule has 1 aromatic heterocycles. The number of nitrogens with zero attached hydrogens (tertiary/aromatic N) is 2. The summed E-state index contributed by atoms with van der Waals surface area (Å²) < 4.78 is 5.27. The Hall–Kier alpha value is -0.810. The molecule has 0 spiro atoms. The average molecular weight is 231 g/mol. The van der Waals surface area contributed by atoms with Crippen LogP contribution in [0.25, 0.3) is 0 Å². The van der Waals surface area contributed by atoms with Crippen molar-refractivity contribution in [3.05, 3.63) is 22.7 Å². The maximum Gasteiger partial charge on any atom is 0.207 e. The van der Waals surface area contributed by atoms with Crippen molar-refractivity contribution in [2.45, 2.75) is 0 Å². The molecule has 4 nitrogen and oxygen atoms in total. The molecule has 0 fully saturated rings. The second-order valence-corrected chi connectivity index (χ2v) is 2.93. The third kappa shape index (κ3) is 2.09. The third-order valence-corrected chi connectivity index (χ3v) is 1.79. The van der Waals surface area contributed by atoms with E-state index in [9.17, 15) is 4.79 Å². The summed E-state index contributed by atoms with van der Waals surface area (Å²) in [5.41, 5.74) is 0.354. The summed E-state index contributed by atoms with van der Waals surface area (Å²) in [6, 6.07) is 0. The van der Waals surface area contributed by atoms with Crippen molar-refractivity contribution in [2.24, 2.45) is 0 Å². The summed E-state index contributed by atoms with van der Waals surface area (Å²) in [5.74, 6) is -0.160. The van der Waals surface area contributed by atoms with Crippen LogP contribution in [0.4, 0.5) is 0 Å². The van der Waals surface area contributed by atoms with E-state index in [0.717, 1.165) is 0 Å². The molecular weight excluding hydrogens is 224 g/mol. The smallest absolute Gasteiger partial charge is 0.207 e. The topological polar surface area (TPSA) is 52.1 Å². The molecule has 0 bridgehead atoms. The highest BCUT2D eigenvalue weighted by Crippen LogP contribution is 2.11. The van der Waals surface area contributed by atoms with Crippen LogP contribution in [-0.2, 0) is 4.74 Å². The Morgan fingerprint density at radius 3 is 3.08 bits per heavy atom. The lowest BCUT2D eigenvalue weighted by Crippen LogP contribution is -2.09. The van der Waals surface area contributed by atoms with Gasteiger partial charge in [-0.2, -0.15) is 0 Å². The number of carbonyl (C=O) groups is 1. The number of ketones is 1. The van der Waals surface area contributed by atoms with Gasteiger partial charge in [0.1, 0.15) is 18.6 Å². The van der Waals surface area contributed by atoms with E-state index in [1.165, 1.54) is 19.6 Å². The molecular formula is C7H7BrN2O2. The summed E-state index contributed by atoms with van der Waals surface area (Å²) in [5, 5.41) is 0. The fourth-order valence-electron chi connectivity index (χ4n) is 0.717. The van der Waals surface area contributed by atoms with E-state index in [1.807, 2.05) is 0 Å². The lowest BCUT2D eigenvalue weighted by Gasteiger charge is -1.99. The van der Waals surface area contributed by atoms with Gasteiger partial charge in [-0.15, -0.1) is 0 Å². The number of halogens is 1. The van der Waals surface area contributed by atoms with Gasteiger partial charge in [-0.25, -0.2) is 9.97 Å². The second-order valence-electron chi connectivity index (χ2n) is 2.08. The van der Waals surface area contributed by atoms with Crippen molar-refractivity contribution in [1.82, 2.24) is 9.97 Å². The highest BCUT2D eigenvalue weighted by atomic mass is 79.9. The zero-order valence-electron chi connectivity index (χ0n) is 6.45. The van der Waals surface area contributed by atoms with Gasteiger partial charge in [0.15, 0.2) is 0 Å². The monoisotopic (exact) mass is 230 g/mol. The highest BCUT2D eigenvalue weighted by molar-refractivity contribution is 9.10. The number of methoxy groups -OCH3 is 1. The molecule has 5 heteroatoms. The molecule has 0 radical (unpaired) electrons. The summed E-state index contributed by atoms with van der Waals surface area (Å²) in [6.45, 7) is 0.0373. The number of hydrogen-bond acceptors (Lipinski definition) is 4. The SMILES string of the molecule is COCC(=O)c1ncncc1Br. The number of rotatable bonds is 3. The average Bonchev–Trinajstić information content (AvgIpc) is 2.05. The van der Waals surface area contributed by atoms with Crippen molar-refractivity contribution in [3.8, 4) is 0 Å². The molecule has 64 valence electrons. The second kappa shape index (κ2) is 4.27. The van der Waals surface area contributed by atoms with E-state index in [0.29, 0.717) is 10.2 Å². The van der Waals surface area contributed by atoms with Gasteiger partial charge in [-0.1, -0.05) is 0 Å². The normalized spacial score (nSPS) is 9.83. The van der Waals surface area contributed by atoms with Gasteiger partial charge in [-0.3, -0.25) is 4.79 Å². The first-order valence-electron chi connectivity index (χ1n) is 3.23. The zero-order valence-corrected chi connectivity index (χ0v) is 8.04. The van der Waals surface area contributed by atoms with E-state index >= 15 is 0 Å². The number of ether oxygens (including phenoxy) is 1. The van der Waals surface area contributed by atoms with Crippen molar-refractivity contribution >= 4 is 21.7 Å². The molecule has 0 aliphatic rings. The molecule has 0 amide bonds. The number of Topliss-reactive ketones (excluding diaryl/α,β-unsaturated/α-hetero) is 1.